The third kappa shape index (κ3) is 69.5. The maximum atomic E-state index is 5.54. The maximum absolute atomic E-state index is 5.54. The number of hydrogen-bond donors (Lipinski definition) is 2. The minimum atomic E-state index is 0.554. The molecule has 6 unspecified atom stereocenters. The Morgan fingerprint density at radius 1 is 0.283 bits per heavy atom. The van der Waals surface area contributed by atoms with Crippen LogP contribution < -0.4 is 10.6 Å². The van der Waals surface area contributed by atoms with Crippen molar-refractivity contribution in [1.82, 2.24) is 20.4 Å². The Morgan fingerprint density at radius 2 is 0.685 bits per heavy atom. The van der Waals surface area contributed by atoms with E-state index in [0.717, 1.165) is 132 Å². The van der Waals surface area contributed by atoms with Gasteiger partial charge in [-0.1, -0.05) is 247 Å². The largest absolute Gasteiger partial charge is 0.381 e. The number of rotatable bonds is 9. The van der Waals surface area contributed by atoms with Crippen molar-refractivity contribution in [3.05, 3.63) is 0 Å². The van der Waals surface area contributed by atoms with E-state index < -0.39 is 0 Å². The van der Waals surface area contributed by atoms with Crippen LogP contribution in [-0.4, -0.2) is 139 Å². The molecule has 570 valence electrons. The average Bonchev–Trinajstić information content (AvgIpc) is 4.40. The second-order valence-corrected chi connectivity index (χ2v) is 26.1. The molecule has 92 heavy (non-hydrogen) atoms. The van der Waals surface area contributed by atoms with Crippen molar-refractivity contribution in [3.8, 4) is 0 Å². The van der Waals surface area contributed by atoms with Gasteiger partial charge in [-0.25, -0.2) is 0 Å². The Kier molecular flexibility index (Phi) is 104. The van der Waals surface area contributed by atoms with Crippen LogP contribution in [0.15, 0.2) is 0 Å². The third-order valence-corrected chi connectivity index (χ3v) is 16.9. The first-order chi connectivity index (χ1) is 44.2. The predicted octanol–water partition coefficient (Wildman–Crippen LogP) is 24.0. The van der Waals surface area contributed by atoms with Gasteiger partial charge in [0.05, 0.1) is 38.9 Å². The predicted molar refractivity (Wildman–Crippen MR) is 420 cm³/mol. The van der Waals surface area contributed by atoms with Crippen molar-refractivity contribution in [2.24, 2.45) is 59.2 Å². The van der Waals surface area contributed by atoms with Crippen LogP contribution in [0.1, 0.15) is 352 Å². The topological polar surface area (TPSA) is 85.9 Å². The molecule has 9 fully saturated rings. The molecule has 0 aromatic heterocycles. The van der Waals surface area contributed by atoms with E-state index in [1.54, 1.807) is 0 Å². The zero-order valence-electron chi connectivity index (χ0n) is 70.8. The molecule has 0 radical (unpaired) electrons. The van der Waals surface area contributed by atoms with Crippen molar-refractivity contribution in [1.29, 1.82) is 0 Å². The standard InChI is InChI=1S/2C8H16O.C8H16.2C7H15N.2C7H14O.2C6H13NO.9C2H6/c1-7(2)8-4-3-5-9-6-8;1-7(2)8-5-3-4-6-9-8;2*1-7(2)8-5-3-4-6-8;1-6(2)7-4-3-5-8-7;1-6(2)7-3-4-8-5-7;1-6(2)7-4-3-5-8-7;1-5(2)6-3-8-4-7-6;1-6(2)7-3-4-8-5-7;9*1-2/h2*7-8H,3-6H2,1-2H3;7-8H,3-6H2,1-2H3;7H,3-6H2,1-2H3;6-8H,3-5H2,1-2H3;2*6-7H,3-5H2,1-2H3;5-7H,3-4H2,1-2H3;6H,3-5H2,1-2H3;9*1-2H3. The van der Waals surface area contributed by atoms with Crippen molar-refractivity contribution in [2.75, 3.05) is 92.5 Å². The van der Waals surface area contributed by atoms with Crippen LogP contribution in [0.25, 0.3) is 0 Å². The van der Waals surface area contributed by atoms with Gasteiger partial charge >= 0.3 is 0 Å². The van der Waals surface area contributed by atoms with E-state index in [1.165, 1.54) is 122 Å². The second kappa shape index (κ2) is 86.7. The van der Waals surface area contributed by atoms with Gasteiger partial charge in [0.2, 0.25) is 0 Å². The van der Waals surface area contributed by atoms with E-state index in [1.807, 2.05) is 125 Å². The highest BCUT2D eigenvalue weighted by Crippen LogP contribution is 2.30. The Labute approximate surface area is 586 Å². The lowest BCUT2D eigenvalue weighted by atomic mass is 9.91. The van der Waals surface area contributed by atoms with Gasteiger partial charge < -0.3 is 38.6 Å². The van der Waals surface area contributed by atoms with Gasteiger partial charge in [0.1, 0.15) is 0 Å². The molecule has 1 aliphatic carbocycles. The van der Waals surface area contributed by atoms with Crippen LogP contribution in [0.2, 0.25) is 0 Å². The van der Waals surface area contributed by atoms with Gasteiger partial charge in [-0.2, -0.15) is 0 Å². The molecule has 8 heterocycles. The normalized spacial score (nSPS) is 22.5. The van der Waals surface area contributed by atoms with Gasteiger partial charge in [-0.3, -0.25) is 10.2 Å². The Morgan fingerprint density at radius 3 is 0.891 bits per heavy atom. The molecule has 6 atom stereocenters. The highest BCUT2D eigenvalue weighted by atomic mass is 16.5. The molecule has 0 spiro atoms. The van der Waals surface area contributed by atoms with Crippen LogP contribution in [0.5, 0.6) is 0 Å². The first-order valence-electron chi connectivity index (χ1n) is 40.7. The van der Waals surface area contributed by atoms with Gasteiger partial charge in [-0.05, 0) is 184 Å². The fourth-order valence-electron chi connectivity index (χ4n) is 10.6. The summed E-state index contributed by atoms with van der Waals surface area (Å²) in [5.74, 6) is 8.28. The summed E-state index contributed by atoms with van der Waals surface area (Å²) in [5.41, 5.74) is 0. The van der Waals surface area contributed by atoms with Gasteiger partial charge in [0.25, 0.3) is 0 Å². The number of likely N-dealkylation sites (tertiary alicyclic amines) is 1. The molecular formula is C82H186N4O6. The highest BCUT2D eigenvalue weighted by molar-refractivity contribution is 4.77. The van der Waals surface area contributed by atoms with E-state index in [2.05, 4.69) is 145 Å². The molecule has 8 saturated heterocycles. The zero-order chi connectivity index (χ0) is 73.3. The van der Waals surface area contributed by atoms with Crippen molar-refractivity contribution in [2.45, 2.75) is 388 Å². The fraction of sp³-hybridized carbons (Fsp3) is 1.00. The monoisotopic (exact) mass is 1320 g/mol. The summed E-state index contributed by atoms with van der Waals surface area (Å²) in [4.78, 5) is 4.83. The number of hydrogen-bond acceptors (Lipinski definition) is 10. The number of nitrogens with zero attached hydrogens (tertiary/aromatic N) is 2. The Hall–Kier alpha value is -0.400. The quantitative estimate of drug-likeness (QED) is 0.233. The van der Waals surface area contributed by atoms with Crippen molar-refractivity contribution < 1.29 is 28.4 Å². The van der Waals surface area contributed by atoms with Gasteiger partial charge in [0.15, 0.2) is 0 Å². The molecule has 10 heteroatoms. The molecule has 0 aromatic rings. The molecule has 9 aliphatic rings. The summed E-state index contributed by atoms with van der Waals surface area (Å²) < 4.78 is 31.8. The Bertz CT molecular complexity index is 965. The molecule has 8 aliphatic heterocycles. The molecule has 0 aromatic carbocycles. The third-order valence-electron chi connectivity index (χ3n) is 16.9. The first kappa shape index (κ1) is 110. The number of ether oxygens (including phenoxy) is 6. The molecular weight excluding hydrogens is 1140 g/mol. The van der Waals surface area contributed by atoms with Crippen molar-refractivity contribution >= 4 is 0 Å². The lowest BCUT2D eigenvalue weighted by Crippen LogP contribution is -2.28. The van der Waals surface area contributed by atoms with Crippen LogP contribution in [0.3, 0.4) is 0 Å². The average molecular weight is 1320 g/mol. The van der Waals surface area contributed by atoms with Crippen LogP contribution in [0, 0.1) is 59.2 Å². The van der Waals surface area contributed by atoms with E-state index >= 15 is 0 Å². The molecule has 2 N–H and O–H groups in total. The molecule has 9 rings (SSSR count). The van der Waals surface area contributed by atoms with Gasteiger partial charge in [0, 0.05) is 70.4 Å². The minimum absolute atomic E-state index is 0.554. The maximum Gasteiger partial charge on any atom is 0.0993 e. The summed E-state index contributed by atoms with van der Waals surface area (Å²) >= 11 is 0. The lowest BCUT2D eigenvalue weighted by molar-refractivity contribution is -0.0115. The van der Waals surface area contributed by atoms with E-state index in [4.69, 9.17) is 28.4 Å². The molecule has 0 amide bonds. The summed E-state index contributed by atoms with van der Waals surface area (Å²) in [6.07, 6.45) is 23.1. The van der Waals surface area contributed by atoms with Gasteiger partial charge in [-0.15, -0.1) is 0 Å². The van der Waals surface area contributed by atoms with Crippen LogP contribution in [-0.2, 0) is 28.4 Å². The molecule has 1 saturated carbocycles. The minimum Gasteiger partial charge on any atom is -0.381 e. The van der Waals surface area contributed by atoms with Crippen LogP contribution in [0.4, 0.5) is 0 Å². The first-order valence-corrected chi connectivity index (χ1v) is 40.7. The second-order valence-electron chi connectivity index (χ2n) is 26.1. The SMILES string of the molecule is CC.CC.CC.CC.CC.CC.CC.CC.CC.CC(C)C1CCCC1.CC(C)C1CCCCO1.CC(C)C1CCCN1.CC(C)C1CCCO1.CC(C)C1CCCOC1.CC(C)C1CCOC1.CC(C)C1COCN1.CC(C)N1CCCC1.CC(C)N1CCOC1. The van der Waals surface area contributed by atoms with E-state index in [0.29, 0.717) is 36.1 Å². The van der Waals surface area contributed by atoms with Crippen LogP contribution >= 0.6 is 0 Å². The zero-order valence-corrected chi connectivity index (χ0v) is 70.8. The highest BCUT2D eigenvalue weighted by Gasteiger charge is 2.22. The lowest BCUT2D eigenvalue weighted by Gasteiger charge is -2.25. The summed E-state index contributed by atoms with van der Waals surface area (Å²) in [6, 6.07) is 2.83. The van der Waals surface area contributed by atoms with Crippen molar-refractivity contribution in [3.63, 3.8) is 0 Å². The van der Waals surface area contributed by atoms with E-state index in [-0.39, 0.29) is 0 Å². The summed E-state index contributed by atoms with van der Waals surface area (Å²) in [6.45, 7) is 90.9. The smallest absolute Gasteiger partial charge is 0.0993 e. The Balaban J connectivity index is -0.000000117. The summed E-state index contributed by atoms with van der Waals surface area (Å²) in [5, 5.41) is 6.69. The van der Waals surface area contributed by atoms with E-state index in [9.17, 15) is 0 Å². The molecule has 0 bridgehead atoms. The number of nitrogens with one attached hydrogen (secondary N) is 2. The summed E-state index contributed by atoms with van der Waals surface area (Å²) in [7, 11) is 0. The molecule has 10 nitrogen and oxygen atoms in total. The fourth-order valence-corrected chi connectivity index (χ4v) is 10.6.